The van der Waals surface area contributed by atoms with Crippen molar-refractivity contribution >= 4 is 17.5 Å². The number of carbonyl (C=O) groups is 2. The van der Waals surface area contributed by atoms with Crippen LogP contribution >= 0.6 is 0 Å². The molecule has 0 aliphatic carbocycles. The second-order valence-corrected chi connectivity index (χ2v) is 6.47. The molecule has 1 heterocycles. The first kappa shape index (κ1) is 21.0. The molecule has 9 heteroatoms. The Morgan fingerprint density at radius 2 is 1.87 bits per heavy atom. The number of aromatic nitrogens is 3. The maximum atomic E-state index is 12.9. The average Bonchev–Trinajstić information content (AvgIpc) is 3.09. The first-order chi connectivity index (χ1) is 14.5. The van der Waals surface area contributed by atoms with Gasteiger partial charge in [0.25, 0.3) is 5.91 Å². The predicted octanol–water partition coefficient (Wildman–Crippen LogP) is 2.69. The third kappa shape index (κ3) is 5.19. The van der Waals surface area contributed by atoms with Crippen LogP contribution in [0.4, 0.5) is 10.1 Å². The number of para-hydroxylation sites is 2. The van der Waals surface area contributed by atoms with E-state index in [4.69, 9.17) is 4.74 Å². The Balaban J connectivity index is 1.61. The van der Waals surface area contributed by atoms with Crippen LogP contribution in [0.25, 0.3) is 0 Å². The van der Waals surface area contributed by atoms with Gasteiger partial charge >= 0.3 is 0 Å². The van der Waals surface area contributed by atoms with Gasteiger partial charge in [0, 0.05) is 6.54 Å². The lowest BCUT2D eigenvalue weighted by Crippen LogP contribution is -2.28. The van der Waals surface area contributed by atoms with Crippen LogP contribution in [-0.2, 0) is 17.9 Å². The Morgan fingerprint density at radius 3 is 2.60 bits per heavy atom. The van der Waals surface area contributed by atoms with Gasteiger partial charge in [-0.1, -0.05) is 29.5 Å². The molecule has 0 aliphatic rings. The minimum Gasteiger partial charge on any atom is -0.492 e. The van der Waals surface area contributed by atoms with Crippen LogP contribution in [0.1, 0.15) is 28.7 Å². The highest BCUT2D eigenvalue weighted by Gasteiger charge is 2.19. The zero-order chi connectivity index (χ0) is 21.5. The Hall–Kier alpha value is -3.75. The van der Waals surface area contributed by atoms with Crippen molar-refractivity contribution in [2.45, 2.75) is 26.9 Å². The molecular weight excluding hydrogens is 389 g/mol. The number of ether oxygens (including phenoxy) is 1. The Morgan fingerprint density at radius 1 is 1.13 bits per heavy atom. The van der Waals surface area contributed by atoms with Crippen molar-refractivity contribution in [2.75, 3.05) is 11.9 Å². The lowest BCUT2D eigenvalue weighted by molar-refractivity contribution is -0.122. The molecule has 0 saturated heterocycles. The fraction of sp³-hybridized carbons (Fsp3) is 0.238. The van der Waals surface area contributed by atoms with E-state index in [0.717, 1.165) is 5.56 Å². The van der Waals surface area contributed by atoms with Crippen LogP contribution in [0.3, 0.4) is 0 Å². The van der Waals surface area contributed by atoms with E-state index >= 15 is 0 Å². The molecule has 0 spiro atoms. The van der Waals surface area contributed by atoms with Crippen molar-refractivity contribution in [2.24, 2.45) is 0 Å². The van der Waals surface area contributed by atoms with Gasteiger partial charge in [0.05, 0.1) is 18.0 Å². The molecule has 2 amide bonds. The standard InChI is InChI=1S/C21H22FN5O3/c1-3-30-18-7-5-4-6-17(18)24-21(29)20-14(2)27(26-25-20)13-19(28)23-12-15-8-10-16(22)11-9-15/h4-11H,3,12-13H2,1-2H3,(H,23,28)(H,24,29). The van der Waals surface area contributed by atoms with Gasteiger partial charge < -0.3 is 15.4 Å². The van der Waals surface area contributed by atoms with Crippen LogP contribution in [0.2, 0.25) is 0 Å². The van der Waals surface area contributed by atoms with E-state index in [1.807, 2.05) is 13.0 Å². The molecule has 1 aromatic heterocycles. The zero-order valence-corrected chi connectivity index (χ0v) is 16.7. The minimum absolute atomic E-state index is 0.0944. The summed E-state index contributed by atoms with van der Waals surface area (Å²) in [6.45, 7) is 4.15. The number of hydrogen-bond donors (Lipinski definition) is 2. The van der Waals surface area contributed by atoms with Crippen molar-refractivity contribution in [3.8, 4) is 5.75 Å². The molecule has 2 N–H and O–H groups in total. The van der Waals surface area contributed by atoms with Crippen LogP contribution in [0, 0.1) is 12.7 Å². The number of hydrogen-bond acceptors (Lipinski definition) is 5. The molecule has 3 rings (SSSR count). The van der Waals surface area contributed by atoms with Crippen LogP contribution < -0.4 is 15.4 Å². The fourth-order valence-electron chi connectivity index (χ4n) is 2.75. The van der Waals surface area contributed by atoms with Gasteiger partial charge in [0.2, 0.25) is 5.91 Å². The molecule has 0 unspecified atom stereocenters. The second-order valence-electron chi connectivity index (χ2n) is 6.47. The maximum Gasteiger partial charge on any atom is 0.278 e. The van der Waals surface area contributed by atoms with E-state index in [0.29, 0.717) is 23.7 Å². The highest BCUT2D eigenvalue weighted by Crippen LogP contribution is 2.24. The van der Waals surface area contributed by atoms with Gasteiger partial charge in [-0.25, -0.2) is 9.07 Å². The first-order valence-corrected chi connectivity index (χ1v) is 9.42. The van der Waals surface area contributed by atoms with Gasteiger partial charge in [-0.15, -0.1) is 5.10 Å². The summed E-state index contributed by atoms with van der Waals surface area (Å²) < 4.78 is 19.8. The molecule has 8 nitrogen and oxygen atoms in total. The summed E-state index contributed by atoms with van der Waals surface area (Å²) in [6.07, 6.45) is 0. The molecule has 0 aliphatic heterocycles. The zero-order valence-electron chi connectivity index (χ0n) is 16.7. The lowest BCUT2D eigenvalue weighted by Gasteiger charge is -2.10. The Bertz CT molecular complexity index is 1030. The third-order valence-electron chi connectivity index (χ3n) is 4.33. The van der Waals surface area contributed by atoms with E-state index in [1.54, 1.807) is 37.3 Å². The number of nitrogens with one attached hydrogen (secondary N) is 2. The van der Waals surface area contributed by atoms with Crippen LogP contribution in [0.15, 0.2) is 48.5 Å². The number of anilines is 1. The number of carbonyl (C=O) groups excluding carboxylic acids is 2. The van der Waals surface area contributed by atoms with Gasteiger partial charge in [-0.05, 0) is 43.7 Å². The van der Waals surface area contributed by atoms with Gasteiger partial charge in [0.1, 0.15) is 18.1 Å². The van der Waals surface area contributed by atoms with Crippen LogP contribution in [0.5, 0.6) is 5.75 Å². The van der Waals surface area contributed by atoms with E-state index in [9.17, 15) is 14.0 Å². The molecule has 2 aromatic carbocycles. The van der Waals surface area contributed by atoms with Crippen molar-refractivity contribution in [1.29, 1.82) is 0 Å². The maximum absolute atomic E-state index is 12.9. The molecule has 0 radical (unpaired) electrons. The quantitative estimate of drug-likeness (QED) is 0.594. The second kappa shape index (κ2) is 9.64. The summed E-state index contributed by atoms with van der Waals surface area (Å²) in [7, 11) is 0. The Labute approximate surface area is 173 Å². The third-order valence-corrected chi connectivity index (χ3v) is 4.33. The molecule has 0 fully saturated rings. The summed E-state index contributed by atoms with van der Waals surface area (Å²) in [6, 6.07) is 12.9. The minimum atomic E-state index is -0.447. The molecular formula is C21H22FN5O3. The molecule has 0 saturated carbocycles. The molecule has 0 atom stereocenters. The van der Waals surface area contributed by atoms with Gasteiger partial charge in [0.15, 0.2) is 5.69 Å². The van der Waals surface area contributed by atoms with Crippen molar-refractivity contribution in [1.82, 2.24) is 20.3 Å². The van der Waals surface area contributed by atoms with E-state index in [2.05, 4.69) is 20.9 Å². The summed E-state index contributed by atoms with van der Waals surface area (Å²) in [5, 5.41) is 13.3. The highest BCUT2D eigenvalue weighted by molar-refractivity contribution is 6.04. The predicted molar refractivity (Wildman–Crippen MR) is 109 cm³/mol. The summed E-state index contributed by atoms with van der Waals surface area (Å²) in [4.78, 5) is 24.8. The van der Waals surface area contributed by atoms with Crippen molar-refractivity contribution in [3.63, 3.8) is 0 Å². The van der Waals surface area contributed by atoms with E-state index in [-0.39, 0.29) is 30.5 Å². The number of halogens is 1. The monoisotopic (exact) mass is 411 g/mol. The molecule has 156 valence electrons. The van der Waals surface area contributed by atoms with Crippen LogP contribution in [-0.4, -0.2) is 33.4 Å². The Kier molecular flexibility index (Phi) is 6.74. The number of rotatable bonds is 8. The van der Waals surface area contributed by atoms with Gasteiger partial charge in [-0.2, -0.15) is 0 Å². The molecule has 30 heavy (non-hydrogen) atoms. The summed E-state index contributed by atoms with van der Waals surface area (Å²) in [5.74, 6) is -0.532. The molecule has 3 aromatic rings. The fourth-order valence-corrected chi connectivity index (χ4v) is 2.75. The smallest absolute Gasteiger partial charge is 0.278 e. The number of amides is 2. The summed E-state index contributed by atoms with van der Waals surface area (Å²) >= 11 is 0. The number of benzene rings is 2. The first-order valence-electron chi connectivity index (χ1n) is 9.42. The number of nitrogens with zero attached hydrogens (tertiary/aromatic N) is 3. The summed E-state index contributed by atoms with van der Waals surface area (Å²) in [5.41, 5.74) is 1.87. The average molecular weight is 411 g/mol. The normalized spacial score (nSPS) is 10.5. The highest BCUT2D eigenvalue weighted by atomic mass is 19.1. The van der Waals surface area contributed by atoms with Crippen molar-refractivity contribution in [3.05, 3.63) is 71.3 Å². The molecule has 0 bridgehead atoms. The topological polar surface area (TPSA) is 98.1 Å². The van der Waals surface area contributed by atoms with E-state index < -0.39 is 5.91 Å². The van der Waals surface area contributed by atoms with E-state index in [1.165, 1.54) is 16.8 Å². The van der Waals surface area contributed by atoms with Crippen molar-refractivity contribution < 1.29 is 18.7 Å². The van der Waals surface area contributed by atoms with Gasteiger partial charge in [-0.3, -0.25) is 9.59 Å². The SMILES string of the molecule is CCOc1ccccc1NC(=O)c1nnn(CC(=O)NCc2ccc(F)cc2)c1C. The largest absolute Gasteiger partial charge is 0.492 e. The lowest BCUT2D eigenvalue weighted by atomic mass is 10.2.